The third kappa shape index (κ3) is 3.61. The number of aryl methyl sites for hydroxylation is 2. The molecular formula is C14H18N2O2S. The number of nitrogens with two attached hydrogens (primary N) is 1. The number of rotatable bonds is 5. The van der Waals surface area contributed by atoms with Crippen LogP contribution in [0.5, 0.6) is 0 Å². The Labute approximate surface area is 116 Å². The number of carbonyl (C=O) groups excluding carboxylic acids is 1. The lowest BCUT2D eigenvalue weighted by Crippen LogP contribution is -2.32. The molecule has 0 aliphatic carbocycles. The second kappa shape index (κ2) is 5.93. The van der Waals surface area contributed by atoms with Crippen molar-refractivity contribution in [1.29, 1.82) is 0 Å². The van der Waals surface area contributed by atoms with Gasteiger partial charge in [-0.2, -0.15) is 0 Å². The van der Waals surface area contributed by atoms with E-state index in [4.69, 9.17) is 10.2 Å². The summed E-state index contributed by atoms with van der Waals surface area (Å²) in [5, 5.41) is 2.97. The van der Waals surface area contributed by atoms with E-state index in [1.165, 1.54) is 11.3 Å². The van der Waals surface area contributed by atoms with Crippen LogP contribution in [0.3, 0.4) is 0 Å². The van der Waals surface area contributed by atoms with Crippen molar-refractivity contribution in [3.05, 3.63) is 40.0 Å². The molecule has 1 amide bonds. The van der Waals surface area contributed by atoms with Crippen molar-refractivity contribution in [3.8, 4) is 0 Å². The average Bonchev–Trinajstić information content (AvgIpc) is 2.98. The highest BCUT2D eigenvalue weighted by Gasteiger charge is 2.13. The number of carbonyl (C=O) groups is 1. The lowest BCUT2D eigenvalue weighted by atomic mass is 10.1. The lowest BCUT2D eigenvalue weighted by molar-refractivity contribution is 0.0942. The van der Waals surface area contributed by atoms with Crippen molar-refractivity contribution in [1.82, 2.24) is 5.32 Å². The number of furan rings is 1. The second-order valence-electron chi connectivity index (χ2n) is 4.61. The van der Waals surface area contributed by atoms with Gasteiger partial charge in [0.1, 0.15) is 5.76 Å². The van der Waals surface area contributed by atoms with Crippen LogP contribution < -0.4 is 11.1 Å². The van der Waals surface area contributed by atoms with Crippen molar-refractivity contribution in [3.63, 3.8) is 0 Å². The number of nitrogen functional groups attached to an aromatic ring is 1. The molecule has 0 aliphatic rings. The highest BCUT2D eigenvalue weighted by molar-refractivity contribution is 7.14. The molecule has 0 radical (unpaired) electrons. The first-order chi connectivity index (χ1) is 9.06. The fourth-order valence-corrected chi connectivity index (χ4v) is 2.63. The minimum absolute atomic E-state index is 0.0586. The maximum atomic E-state index is 12.0. The molecule has 2 aromatic heterocycles. The summed E-state index contributed by atoms with van der Waals surface area (Å²) >= 11 is 1.42. The van der Waals surface area contributed by atoms with Crippen LogP contribution in [0.4, 0.5) is 5.69 Å². The van der Waals surface area contributed by atoms with Gasteiger partial charge in [-0.25, -0.2) is 0 Å². The Morgan fingerprint density at radius 3 is 2.95 bits per heavy atom. The van der Waals surface area contributed by atoms with Crippen molar-refractivity contribution < 1.29 is 9.21 Å². The van der Waals surface area contributed by atoms with E-state index in [9.17, 15) is 4.79 Å². The van der Waals surface area contributed by atoms with Gasteiger partial charge in [-0.1, -0.05) is 0 Å². The van der Waals surface area contributed by atoms with Gasteiger partial charge in [0, 0.05) is 23.0 Å². The topological polar surface area (TPSA) is 68.3 Å². The summed E-state index contributed by atoms with van der Waals surface area (Å²) in [4.78, 5) is 13.6. The first kappa shape index (κ1) is 13.7. The van der Waals surface area contributed by atoms with Crippen LogP contribution in [0.2, 0.25) is 0 Å². The molecule has 1 unspecified atom stereocenters. The number of hydrogen-bond acceptors (Lipinski definition) is 4. The van der Waals surface area contributed by atoms with E-state index in [1.807, 2.05) is 26.0 Å². The van der Waals surface area contributed by atoms with Gasteiger partial charge in [0.15, 0.2) is 0 Å². The van der Waals surface area contributed by atoms with Crippen LogP contribution in [-0.4, -0.2) is 11.9 Å². The molecular weight excluding hydrogens is 260 g/mol. The molecule has 0 fully saturated rings. The van der Waals surface area contributed by atoms with Gasteiger partial charge in [0.2, 0.25) is 0 Å². The maximum Gasteiger partial charge on any atom is 0.261 e. The van der Waals surface area contributed by atoms with Crippen LogP contribution in [0, 0.1) is 6.92 Å². The Hall–Kier alpha value is -1.75. The molecule has 3 N–H and O–H groups in total. The molecule has 2 rings (SSSR count). The van der Waals surface area contributed by atoms with Crippen LogP contribution >= 0.6 is 11.3 Å². The summed E-state index contributed by atoms with van der Waals surface area (Å²) in [6.07, 6.45) is 3.33. The quantitative estimate of drug-likeness (QED) is 0.883. The molecule has 0 bridgehead atoms. The Bertz CT molecular complexity index is 526. The van der Waals surface area contributed by atoms with E-state index in [2.05, 4.69) is 5.32 Å². The molecule has 102 valence electrons. The van der Waals surface area contributed by atoms with Gasteiger partial charge < -0.3 is 15.5 Å². The van der Waals surface area contributed by atoms with Gasteiger partial charge in [-0.05, 0) is 38.5 Å². The Balaban J connectivity index is 1.84. The molecule has 5 heteroatoms. The second-order valence-corrected chi connectivity index (χ2v) is 5.87. The maximum absolute atomic E-state index is 12.0. The summed E-state index contributed by atoms with van der Waals surface area (Å²) in [5.74, 6) is 0.883. The highest BCUT2D eigenvalue weighted by Crippen LogP contribution is 2.23. The van der Waals surface area contributed by atoms with E-state index < -0.39 is 0 Å². The van der Waals surface area contributed by atoms with Crippen LogP contribution in [0.25, 0.3) is 0 Å². The van der Waals surface area contributed by atoms with E-state index in [1.54, 1.807) is 12.3 Å². The molecule has 0 aliphatic heterocycles. The Morgan fingerprint density at radius 1 is 1.58 bits per heavy atom. The number of thiophene rings is 1. The summed E-state index contributed by atoms with van der Waals surface area (Å²) < 4.78 is 5.27. The molecule has 1 atom stereocenters. The molecule has 2 heterocycles. The summed E-state index contributed by atoms with van der Waals surface area (Å²) in [7, 11) is 0. The third-order valence-corrected chi connectivity index (χ3v) is 4.03. The molecule has 0 saturated heterocycles. The van der Waals surface area contributed by atoms with Crippen LogP contribution in [0.1, 0.15) is 33.7 Å². The van der Waals surface area contributed by atoms with Gasteiger partial charge in [-0.3, -0.25) is 4.79 Å². The standard InChI is InChI=1S/C14H18N2O2S/c1-9(5-6-11-4-3-7-18-11)16-14(17)13-8-12(15)10(2)19-13/h3-4,7-9H,5-6,15H2,1-2H3,(H,16,17). The number of anilines is 1. The van der Waals surface area contributed by atoms with Crippen molar-refractivity contribution in [2.75, 3.05) is 5.73 Å². The van der Waals surface area contributed by atoms with Crippen molar-refractivity contribution in [2.45, 2.75) is 32.7 Å². The molecule has 0 aromatic carbocycles. The first-order valence-electron chi connectivity index (χ1n) is 6.25. The number of amides is 1. The molecule has 0 spiro atoms. The number of hydrogen-bond donors (Lipinski definition) is 2. The van der Waals surface area contributed by atoms with Gasteiger partial charge in [-0.15, -0.1) is 11.3 Å². The molecule has 4 nitrogen and oxygen atoms in total. The van der Waals surface area contributed by atoms with E-state index >= 15 is 0 Å². The summed E-state index contributed by atoms with van der Waals surface area (Å²) in [6, 6.07) is 5.64. The van der Waals surface area contributed by atoms with Gasteiger partial charge in [0.25, 0.3) is 5.91 Å². The third-order valence-electron chi connectivity index (χ3n) is 2.96. The monoisotopic (exact) mass is 278 g/mol. The summed E-state index contributed by atoms with van der Waals surface area (Å²) in [5.41, 5.74) is 6.43. The normalized spacial score (nSPS) is 12.3. The average molecular weight is 278 g/mol. The fraction of sp³-hybridized carbons (Fsp3) is 0.357. The van der Waals surface area contributed by atoms with Gasteiger partial charge >= 0.3 is 0 Å². The van der Waals surface area contributed by atoms with E-state index in [-0.39, 0.29) is 11.9 Å². The highest BCUT2D eigenvalue weighted by atomic mass is 32.1. The molecule has 0 saturated carbocycles. The minimum atomic E-state index is -0.0586. The fourth-order valence-electron chi connectivity index (χ4n) is 1.79. The van der Waals surface area contributed by atoms with Crippen LogP contribution in [-0.2, 0) is 6.42 Å². The lowest BCUT2D eigenvalue weighted by Gasteiger charge is -2.12. The zero-order valence-electron chi connectivity index (χ0n) is 11.1. The minimum Gasteiger partial charge on any atom is -0.469 e. The molecule has 2 aromatic rings. The Morgan fingerprint density at radius 2 is 2.37 bits per heavy atom. The van der Waals surface area contributed by atoms with E-state index in [0.29, 0.717) is 10.6 Å². The zero-order chi connectivity index (χ0) is 13.8. The molecule has 19 heavy (non-hydrogen) atoms. The SMILES string of the molecule is Cc1sc(C(=O)NC(C)CCc2ccco2)cc1N. The first-order valence-corrected chi connectivity index (χ1v) is 7.07. The van der Waals surface area contributed by atoms with E-state index in [0.717, 1.165) is 23.5 Å². The predicted octanol–water partition coefficient (Wildman–Crippen LogP) is 2.98. The van der Waals surface area contributed by atoms with Gasteiger partial charge in [0.05, 0.1) is 11.1 Å². The zero-order valence-corrected chi connectivity index (χ0v) is 11.9. The predicted molar refractivity (Wildman–Crippen MR) is 77.4 cm³/mol. The summed E-state index contributed by atoms with van der Waals surface area (Å²) in [6.45, 7) is 3.90. The number of nitrogens with one attached hydrogen (secondary N) is 1. The van der Waals surface area contributed by atoms with Crippen molar-refractivity contribution in [2.24, 2.45) is 0 Å². The Kier molecular flexibility index (Phi) is 4.27. The largest absolute Gasteiger partial charge is 0.469 e. The van der Waals surface area contributed by atoms with Crippen molar-refractivity contribution >= 4 is 22.9 Å². The smallest absolute Gasteiger partial charge is 0.261 e. The van der Waals surface area contributed by atoms with Crippen LogP contribution in [0.15, 0.2) is 28.9 Å².